The predicted octanol–water partition coefficient (Wildman–Crippen LogP) is 5.08. The highest BCUT2D eigenvalue weighted by Gasteiger charge is 2.33. The van der Waals surface area contributed by atoms with Gasteiger partial charge in [-0.1, -0.05) is 12.1 Å². The summed E-state index contributed by atoms with van der Waals surface area (Å²) < 4.78 is 44.0. The number of pyridine rings is 1. The fraction of sp³-hybridized carbons (Fsp3) is 0.174. The lowest BCUT2D eigenvalue weighted by atomic mass is 10.1. The van der Waals surface area contributed by atoms with Crippen LogP contribution in [-0.4, -0.2) is 16.8 Å². The molecule has 0 bridgehead atoms. The maximum absolute atomic E-state index is 12.9. The number of aromatic nitrogens is 1. The lowest BCUT2D eigenvalue weighted by Crippen LogP contribution is -2.24. The quantitative estimate of drug-likeness (QED) is 0.409. The second-order valence-electron chi connectivity index (χ2n) is 7.25. The number of alkyl halides is 3. The molecule has 0 radical (unpaired) electrons. The zero-order chi connectivity index (χ0) is 23.6. The molecule has 0 saturated heterocycles. The summed E-state index contributed by atoms with van der Waals surface area (Å²) in [7, 11) is 0. The second kappa shape index (κ2) is 9.07. The normalized spacial score (nSPS) is 11.5. The molecule has 4 aromatic rings. The summed E-state index contributed by atoms with van der Waals surface area (Å²) in [5.74, 6) is -0.0782. The van der Waals surface area contributed by atoms with Crippen molar-refractivity contribution in [3.8, 4) is 0 Å². The Hall–Kier alpha value is -3.66. The van der Waals surface area contributed by atoms with Gasteiger partial charge in [-0.3, -0.25) is 9.59 Å². The van der Waals surface area contributed by atoms with E-state index in [-0.39, 0.29) is 23.8 Å². The molecule has 0 aliphatic carbocycles. The fourth-order valence-electron chi connectivity index (χ4n) is 3.24. The predicted molar refractivity (Wildman–Crippen MR) is 117 cm³/mol. The summed E-state index contributed by atoms with van der Waals surface area (Å²) in [5.41, 5.74) is 0.700. The minimum atomic E-state index is -4.55. The highest BCUT2D eigenvalue weighted by Crippen LogP contribution is 2.34. The van der Waals surface area contributed by atoms with Crippen LogP contribution in [0.25, 0.3) is 10.2 Å². The van der Waals surface area contributed by atoms with Crippen molar-refractivity contribution in [3.63, 3.8) is 0 Å². The summed E-state index contributed by atoms with van der Waals surface area (Å²) >= 11 is 0.915. The Bertz CT molecular complexity index is 1310. The molecular weight excluding hydrogens is 455 g/mol. The van der Waals surface area contributed by atoms with Gasteiger partial charge in [-0.05, 0) is 54.4 Å². The monoisotopic (exact) mass is 473 g/mol. The lowest BCUT2D eigenvalue weighted by molar-refractivity contribution is -0.140. The van der Waals surface area contributed by atoms with E-state index in [1.807, 2.05) is 0 Å². The van der Waals surface area contributed by atoms with Crippen LogP contribution in [0.5, 0.6) is 0 Å². The topological polar surface area (TPSA) is 84.2 Å². The van der Waals surface area contributed by atoms with Crippen molar-refractivity contribution in [2.75, 3.05) is 0 Å². The standard InChI is InChI=1S/C23H18F3N3O3S/c1-13-17-7-8-18(23(24,25)26)29-22(17)33-19(13)21(31)27-11-14-4-2-5-15(10-14)20(30)28-12-16-6-3-9-32-16/h2-10H,11-12H2,1H3,(H,27,31)(H,28,30). The summed E-state index contributed by atoms with van der Waals surface area (Å²) in [6.07, 6.45) is -3.03. The van der Waals surface area contributed by atoms with Gasteiger partial charge in [-0.25, -0.2) is 4.98 Å². The molecule has 170 valence electrons. The number of amides is 2. The Labute approximate surface area is 190 Å². The largest absolute Gasteiger partial charge is 0.467 e. The minimum Gasteiger partial charge on any atom is -0.467 e. The molecule has 6 nitrogen and oxygen atoms in total. The first-order chi connectivity index (χ1) is 15.7. The van der Waals surface area contributed by atoms with Crippen LogP contribution in [0, 0.1) is 6.92 Å². The molecule has 0 fully saturated rings. The van der Waals surface area contributed by atoms with Crippen molar-refractivity contribution in [2.45, 2.75) is 26.2 Å². The molecule has 0 atom stereocenters. The molecule has 0 saturated carbocycles. The molecule has 0 aliphatic heterocycles. The first kappa shape index (κ1) is 22.5. The molecule has 2 N–H and O–H groups in total. The first-order valence-electron chi connectivity index (χ1n) is 9.87. The van der Waals surface area contributed by atoms with Crippen LogP contribution < -0.4 is 10.6 Å². The summed E-state index contributed by atoms with van der Waals surface area (Å²) in [5, 5.41) is 6.02. The Morgan fingerprint density at radius 2 is 1.82 bits per heavy atom. The van der Waals surface area contributed by atoms with Crippen molar-refractivity contribution < 1.29 is 27.2 Å². The van der Waals surface area contributed by atoms with E-state index in [9.17, 15) is 22.8 Å². The molecule has 3 aromatic heterocycles. The number of furan rings is 1. The van der Waals surface area contributed by atoms with Crippen molar-refractivity contribution >= 4 is 33.4 Å². The van der Waals surface area contributed by atoms with Gasteiger partial charge in [-0.2, -0.15) is 13.2 Å². The highest BCUT2D eigenvalue weighted by atomic mass is 32.1. The Morgan fingerprint density at radius 1 is 1.03 bits per heavy atom. The zero-order valence-corrected chi connectivity index (χ0v) is 18.1. The number of hydrogen-bond donors (Lipinski definition) is 2. The number of nitrogens with one attached hydrogen (secondary N) is 2. The van der Waals surface area contributed by atoms with Crippen molar-refractivity contribution in [1.82, 2.24) is 15.6 Å². The molecule has 2 amide bonds. The Kier molecular flexibility index (Phi) is 6.19. The highest BCUT2D eigenvalue weighted by molar-refractivity contribution is 7.20. The summed E-state index contributed by atoms with van der Waals surface area (Å²) in [6.45, 7) is 2.07. The van der Waals surface area contributed by atoms with E-state index >= 15 is 0 Å². The second-order valence-corrected chi connectivity index (χ2v) is 8.25. The van der Waals surface area contributed by atoms with E-state index in [1.54, 1.807) is 43.3 Å². The molecule has 33 heavy (non-hydrogen) atoms. The van der Waals surface area contributed by atoms with Gasteiger partial charge in [0.1, 0.15) is 16.3 Å². The van der Waals surface area contributed by atoms with Crippen LogP contribution in [0.4, 0.5) is 13.2 Å². The average Bonchev–Trinajstić information content (AvgIpc) is 3.43. The summed E-state index contributed by atoms with van der Waals surface area (Å²) in [4.78, 5) is 29.2. The molecule has 0 unspecified atom stereocenters. The van der Waals surface area contributed by atoms with Gasteiger partial charge in [0.05, 0.1) is 17.7 Å². The maximum atomic E-state index is 12.9. The average molecular weight is 473 g/mol. The number of thiophene rings is 1. The number of benzene rings is 1. The van der Waals surface area contributed by atoms with Gasteiger partial charge < -0.3 is 15.1 Å². The first-order valence-corrected chi connectivity index (χ1v) is 10.7. The van der Waals surface area contributed by atoms with Crippen LogP contribution in [0.15, 0.2) is 59.2 Å². The number of hydrogen-bond acceptors (Lipinski definition) is 5. The van der Waals surface area contributed by atoms with E-state index in [0.29, 0.717) is 32.7 Å². The molecule has 3 heterocycles. The molecule has 1 aromatic carbocycles. The van der Waals surface area contributed by atoms with E-state index < -0.39 is 17.8 Å². The number of nitrogens with zero attached hydrogens (tertiary/aromatic N) is 1. The number of halogens is 3. The number of carbonyl (C=O) groups is 2. The van der Waals surface area contributed by atoms with Gasteiger partial charge in [0.15, 0.2) is 0 Å². The van der Waals surface area contributed by atoms with E-state index in [4.69, 9.17) is 4.42 Å². The van der Waals surface area contributed by atoms with Crippen molar-refractivity contribution in [2.24, 2.45) is 0 Å². The summed E-state index contributed by atoms with van der Waals surface area (Å²) in [6, 6.07) is 12.5. The third kappa shape index (κ3) is 5.06. The van der Waals surface area contributed by atoms with Crippen LogP contribution in [0.2, 0.25) is 0 Å². The third-order valence-corrected chi connectivity index (χ3v) is 6.15. The number of fused-ring (bicyclic) bond motifs is 1. The molecular formula is C23H18F3N3O3S. The SMILES string of the molecule is Cc1c(C(=O)NCc2cccc(C(=O)NCc3ccco3)c2)sc2nc(C(F)(F)F)ccc12. The smallest absolute Gasteiger partial charge is 0.433 e. The Balaban J connectivity index is 1.43. The van der Waals surface area contributed by atoms with Gasteiger partial charge in [0.2, 0.25) is 0 Å². The van der Waals surface area contributed by atoms with Gasteiger partial charge in [0, 0.05) is 17.5 Å². The number of rotatable bonds is 6. The zero-order valence-electron chi connectivity index (χ0n) is 17.3. The third-order valence-electron chi connectivity index (χ3n) is 4.95. The van der Waals surface area contributed by atoms with Crippen molar-refractivity contribution in [3.05, 3.63) is 87.8 Å². The molecule has 10 heteroatoms. The lowest BCUT2D eigenvalue weighted by Gasteiger charge is -2.08. The van der Waals surface area contributed by atoms with Gasteiger partial charge in [-0.15, -0.1) is 11.3 Å². The molecule has 4 rings (SSSR count). The van der Waals surface area contributed by atoms with E-state index in [0.717, 1.165) is 17.4 Å². The molecule has 0 aliphatic rings. The van der Waals surface area contributed by atoms with E-state index in [1.165, 1.54) is 12.3 Å². The Morgan fingerprint density at radius 3 is 2.55 bits per heavy atom. The maximum Gasteiger partial charge on any atom is 0.433 e. The number of aryl methyl sites for hydroxylation is 1. The van der Waals surface area contributed by atoms with Crippen LogP contribution in [0.1, 0.15) is 42.6 Å². The number of carbonyl (C=O) groups excluding carboxylic acids is 2. The van der Waals surface area contributed by atoms with Gasteiger partial charge >= 0.3 is 6.18 Å². The van der Waals surface area contributed by atoms with Crippen LogP contribution in [-0.2, 0) is 19.3 Å². The van der Waals surface area contributed by atoms with Gasteiger partial charge in [0.25, 0.3) is 11.8 Å². The minimum absolute atomic E-state index is 0.146. The fourth-order valence-corrected chi connectivity index (χ4v) is 4.34. The molecule has 0 spiro atoms. The van der Waals surface area contributed by atoms with E-state index in [2.05, 4.69) is 15.6 Å². The van der Waals surface area contributed by atoms with Crippen LogP contribution in [0.3, 0.4) is 0 Å². The van der Waals surface area contributed by atoms with Crippen LogP contribution >= 0.6 is 11.3 Å². The van der Waals surface area contributed by atoms with Crippen molar-refractivity contribution in [1.29, 1.82) is 0 Å².